The maximum absolute atomic E-state index is 11.6. The molecule has 0 bridgehead atoms. The van der Waals surface area contributed by atoms with E-state index in [0.717, 1.165) is 12.8 Å². The van der Waals surface area contributed by atoms with E-state index in [-0.39, 0.29) is 5.97 Å². The fourth-order valence-corrected chi connectivity index (χ4v) is 1.43. The van der Waals surface area contributed by atoms with E-state index in [4.69, 9.17) is 14.2 Å². The Balaban J connectivity index is 2.42. The molecule has 1 aliphatic heterocycles. The van der Waals surface area contributed by atoms with Gasteiger partial charge in [-0.3, -0.25) is 4.79 Å². The van der Waals surface area contributed by atoms with Crippen LogP contribution in [-0.4, -0.2) is 39.0 Å². The third-order valence-corrected chi connectivity index (χ3v) is 2.48. The van der Waals surface area contributed by atoms with Crippen LogP contribution < -0.4 is 0 Å². The lowest BCUT2D eigenvalue weighted by Crippen LogP contribution is -2.29. The van der Waals surface area contributed by atoms with Gasteiger partial charge < -0.3 is 14.2 Å². The van der Waals surface area contributed by atoms with Gasteiger partial charge in [0.1, 0.15) is 6.61 Å². The molecule has 0 aliphatic carbocycles. The van der Waals surface area contributed by atoms with Gasteiger partial charge in [0.2, 0.25) is 0 Å². The zero-order chi connectivity index (χ0) is 11.1. The van der Waals surface area contributed by atoms with Gasteiger partial charge in [-0.2, -0.15) is 0 Å². The topological polar surface area (TPSA) is 44.8 Å². The second-order valence-corrected chi connectivity index (χ2v) is 4.35. The van der Waals surface area contributed by atoms with Crippen molar-refractivity contribution in [1.82, 2.24) is 0 Å². The van der Waals surface area contributed by atoms with Crippen LogP contribution in [0.3, 0.4) is 0 Å². The summed E-state index contributed by atoms with van der Waals surface area (Å²) in [4.78, 5) is 11.6. The molecule has 1 aliphatic rings. The number of rotatable bonds is 0. The molecule has 0 atom stereocenters. The fourth-order valence-electron chi connectivity index (χ4n) is 1.43. The van der Waals surface area contributed by atoms with E-state index in [1.165, 1.54) is 0 Å². The van der Waals surface area contributed by atoms with E-state index >= 15 is 0 Å². The predicted octanol–water partition coefficient (Wildman–Crippen LogP) is 1.38. The van der Waals surface area contributed by atoms with Gasteiger partial charge in [0.05, 0.1) is 25.2 Å². The quantitative estimate of drug-likeness (QED) is 0.574. The van der Waals surface area contributed by atoms with Gasteiger partial charge in [0.15, 0.2) is 0 Å². The van der Waals surface area contributed by atoms with Crippen LogP contribution >= 0.6 is 0 Å². The third kappa shape index (κ3) is 4.62. The lowest BCUT2D eigenvalue weighted by atomic mass is 9.88. The summed E-state index contributed by atoms with van der Waals surface area (Å²) >= 11 is 0. The van der Waals surface area contributed by atoms with Crippen molar-refractivity contribution >= 4 is 5.97 Å². The number of hydrogen-bond donors (Lipinski definition) is 0. The Morgan fingerprint density at radius 1 is 1.00 bits per heavy atom. The Kier molecular flexibility index (Phi) is 5.05. The summed E-state index contributed by atoms with van der Waals surface area (Å²) in [5.74, 6) is -0.147. The summed E-state index contributed by atoms with van der Waals surface area (Å²) in [5, 5.41) is 0. The van der Waals surface area contributed by atoms with E-state index in [1.807, 2.05) is 13.8 Å². The molecule has 0 amide bonds. The molecule has 1 heterocycles. The molecule has 0 aromatic carbocycles. The van der Waals surface area contributed by atoms with Gasteiger partial charge in [-0.1, -0.05) is 0 Å². The molecule has 88 valence electrons. The molecule has 4 heteroatoms. The van der Waals surface area contributed by atoms with Crippen LogP contribution in [0.1, 0.15) is 26.7 Å². The smallest absolute Gasteiger partial charge is 0.311 e. The van der Waals surface area contributed by atoms with Gasteiger partial charge in [0, 0.05) is 6.61 Å². The third-order valence-electron chi connectivity index (χ3n) is 2.48. The highest BCUT2D eigenvalue weighted by atomic mass is 16.6. The Hall–Kier alpha value is -0.610. The minimum absolute atomic E-state index is 0.147. The molecule has 1 fully saturated rings. The van der Waals surface area contributed by atoms with Crippen molar-refractivity contribution in [2.75, 3.05) is 33.0 Å². The number of carbonyl (C=O) groups is 1. The van der Waals surface area contributed by atoms with E-state index in [0.29, 0.717) is 33.0 Å². The van der Waals surface area contributed by atoms with Crippen LogP contribution in [0.15, 0.2) is 0 Å². The van der Waals surface area contributed by atoms with Crippen LogP contribution in [0.4, 0.5) is 0 Å². The first-order chi connectivity index (χ1) is 7.13. The summed E-state index contributed by atoms with van der Waals surface area (Å²) in [7, 11) is 0. The molecule has 1 saturated heterocycles. The number of hydrogen-bond acceptors (Lipinski definition) is 4. The minimum Gasteiger partial charge on any atom is -0.463 e. The molecule has 1 rings (SSSR count). The van der Waals surface area contributed by atoms with Crippen molar-refractivity contribution < 1.29 is 19.0 Å². The molecule has 0 saturated carbocycles. The molecule has 0 spiro atoms. The molecule has 0 radical (unpaired) electrons. The first kappa shape index (κ1) is 12.5. The fraction of sp³-hybridized carbons (Fsp3) is 0.909. The summed E-state index contributed by atoms with van der Waals surface area (Å²) in [6, 6.07) is 0. The average Bonchev–Trinajstić information content (AvgIpc) is 2.18. The monoisotopic (exact) mass is 216 g/mol. The first-order valence-electron chi connectivity index (χ1n) is 5.46. The van der Waals surface area contributed by atoms with Crippen molar-refractivity contribution in [2.24, 2.45) is 5.41 Å². The Bertz CT molecular complexity index is 201. The zero-order valence-corrected chi connectivity index (χ0v) is 9.58. The number of ether oxygens (including phenoxy) is 3. The highest BCUT2D eigenvalue weighted by molar-refractivity contribution is 5.75. The minimum atomic E-state index is -0.414. The van der Waals surface area contributed by atoms with E-state index in [1.54, 1.807) is 0 Å². The van der Waals surface area contributed by atoms with Crippen LogP contribution in [0.2, 0.25) is 0 Å². The Morgan fingerprint density at radius 2 is 1.60 bits per heavy atom. The summed E-state index contributed by atoms with van der Waals surface area (Å²) in [5.41, 5.74) is -0.414. The summed E-state index contributed by atoms with van der Waals surface area (Å²) in [6.45, 7) is 6.47. The van der Waals surface area contributed by atoms with Gasteiger partial charge in [-0.25, -0.2) is 0 Å². The summed E-state index contributed by atoms with van der Waals surface area (Å²) in [6.07, 6.45) is 1.68. The van der Waals surface area contributed by atoms with Crippen LogP contribution in [0.25, 0.3) is 0 Å². The SMILES string of the molecule is CC1(C)CCCOCCOCCOC1=O. The first-order valence-corrected chi connectivity index (χ1v) is 5.46. The molecule has 15 heavy (non-hydrogen) atoms. The number of carbonyl (C=O) groups excluding carboxylic acids is 1. The van der Waals surface area contributed by atoms with Crippen LogP contribution in [-0.2, 0) is 19.0 Å². The van der Waals surface area contributed by atoms with Gasteiger partial charge in [0.25, 0.3) is 0 Å². The maximum Gasteiger partial charge on any atom is 0.311 e. The van der Waals surface area contributed by atoms with Crippen LogP contribution in [0, 0.1) is 5.41 Å². The molecule has 0 unspecified atom stereocenters. The van der Waals surface area contributed by atoms with E-state index in [9.17, 15) is 4.79 Å². The number of esters is 1. The van der Waals surface area contributed by atoms with Crippen LogP contribution in [0.5, 0.6) is 0 Å². The highest BCUT2D eigenvalue weighted by Crippen LogP contribution is 2.24. The van der Waals surface area contributed by atoms with Gasteiger partial charge in [-0.05, 0) is 26.7 Å². The predicted molar refractivity (Wildman–Crippen MR) is 55.6 cm³/mol. The largest absolute Gasteiger partial charge is 0.463 e. The molecule has 0 aromatic heterocycles. The zero-order valence-electron chi connectivity index (χ0n) is 9.58. The van der Waals surface area contributed by atoms with Crippen molar-refractivity contribution in [3.05, 3.63) is 0 Å². The highest BCUT2D eigenvalue weighted by Gasteiger charge is 2.28. The lowest BCUT2D eigenvalue weighted by molar-refractivity contribution is -0.156. The van der Waals surface area contributed by atoms with Crippen molar-refractivity contribution in [1.29, 1.82) is 0 Å². The Labute approximate surface area is 90.9 Å². The second-order valence-electron chi connectivity index (χ2n) is 4.35. The van der Waals surface area contributed by atoms with Gasteiger partial charge >= 0.3 is 5.97 Å². The maximum atomic E-state index is 11.6. The molecular formula is C11H20O4. The van der Waals surface area contributed by atoms with Crippen molar-refractivity contribution in [3.8, 4) is 0 Å². The molecule has 0 N–H and O–H groups in total. The number of cyclic esters (lactones) is 1. The average molecular weight is 216 g/mol. The molecular weight excluding hydrogens is 196 g/mol. The summed E-state index contributed by atoms with van der Waals surface area (Å²) < 4.78 is 15.7. The molecule has 0 aromatic rings. The van der Waals surface area contributed by atoms with Crippen molar-refractivity contribution in [3.63, 3.8) is 0 Å². The second kappa shape index (κ2) is 6.08. The van der Waals surface area contributed by atoms with E-state index < -0.39 is 5.41 Å². The molecule has 4 nitrogen and oxygen atoms in total. The van der Waals surface area contributed by atoms with Crippen molar-refractivity contribution in [2.45, 2.75) is 26.7 Å². The van der Waals surface area contributed by atoms with Gasteiger partial charge in [-0.15, -0.1) is 0 Å². The normalized spacial score (nSPS) is 24.8. The standard InChI is InChI=1S/C11H20O4/c1-11(2)4-3-5-13-6-7-14-8-9-15-10(11)12/h3-9H2,1-2H3. The lowest BCUT2D eigenvalue weighted by Gasteiger charge is -2.23. The Morgan fingerprint density at radius 3 is 2.33 bits per heavy atom. The van der Waals surface area contributed by atoms with E-state index in [2.05, 4.69) is 0 Å².